The summed E-state index contributed by atoms with van der Waals surface area (Å²) >= 11 is 2.51. The standard InChI is InChI=1S/C22H18N4O4S2/c1-30-17-9-13(7-8-16(17)27)10-23-26-18(28)12-32-22-24-20(29)19-15(11-31-21(19)25-22)14-5-3-2-4-6-14/h2-11,27H,12H2,1H3,(H,26,28)(H,24,25,29)/b23-10+. The first-order valence-corrected chi connectivity index (χ1v) is 11.3. The van der Waals surface area contributed by atoms with E-state index in [2.05, 4.69) is 20.5 Å². The van der Waals surface area contributed by atoms with Crippen LogP contribution in [-0.2, 0) is 4.79 Å². The minimum absolute atomic E-state index is 0.0187. The Bertz CT molecular complexity index is 1350. The van der Waals surface area contributed by atoms with Gasteiger partial charge in [0.05, 0.1) is 24.5 Å². The van der Waals surface area contributed by atoms with Gasteiger partial charge >= 0.3 is 0 Å². The normalized spacial score (nSPS) is 11.2. The number of nitrogens with zero attached hydrogens (tertiary/aromatic N) is 2. The highest BCUT2D eigenvalue weighted by Gasteiger charge is 2.13. The summed E-state index contributed by atoms with van der Waals surface area (Å²) in [4.78, 5) is 32.6. The van der Waals surface area contributed by atoms with Crippen LogP contribution >= 0.6 is 23.1 Å². The molecule has 0 fully saturated rings. The zero-order valence-electron chi connectivity index (χ0n) is 16.9. The fraction of sp³-hybridized carbons (Fsp3) is 0.0909. The van der Waals surface area contributed by atoms with Gasteiger partial charge in [-0.05, 0) is 29.3 Å². The molecule has 10 heteroatoms. The van der Waals surface area contributed by atoms with Crippen molar-refractivity contribution in [2.75, 3.05) is 12.9 Å². The van der Waals surface area contributed by atoms with Crippen molar-refractivity contribution < 1.29 is 14.6 Å². The maximum atomic E-state index is 12.7. The maximum Gasteiger partial charge on any atom is 0.260 e. The lowest BCUT2D eigenvalue weighted by molar-refractivity contribution is -0.118. The number of nitrogens with one attached hydrogen (secondary N) is 2. The molecule has 0 radical (unpaired) electrons. The summed E-state index contributed by atoms with van der Waals surface area (Å²) in [5, 5.41) is 16.3. The smallest absolute Gasteiger partial charge is 0.260 e. The second-order valence-electron chi connectivity index (χ2n) is 6.58. The molecule has 0 unspecified atom stereocenters. The van der Waals surface area contributed by atoms with E-state index in [0.717, 1.165) is 22.9 Å². The van der Waals surface area contributed by atoms with Crippen molar-refractivity contribution in [1.82, 2.24) is 15.4 Å². The summed E-state index contributed by atoms with van der Waals surface area (Å²) in [6, 6.07) is 14.4. The number of aromatic hydroxyl groups is 1. The van der Waals surface area contributed by atoms with Gasteiger partial charge in [0.1, 0.15) is 4.83 Å². The number of amides is 1. The molecule has 0 bridgehead atoms. The summed E-state index contributed by atoms with van der Waals surface area (Å²) in [6.07, 6.45) is 1.44. The Kier molecular flexibility index (Phi) is 6.52. The van der Waals surface area contributed by atoms with Gasteiger partial charge in [-0.1, -0.05) is 42.1 Å². The van der Waals surface area contributed by atoms with Gasteiger partial charge in [-0.15, -0.1) is 11.3 Å². The van der Waals surface area contributed by atoms with Crippen molar-refractivity contribution >= 4 is 45.4 Å². The number of hydrogen-bond donors (Lipinski definition) is 3. The second kappa shape index (κ2) is 9.67. The fourth-order valence-corrected chi connectivity index (χ4v) is 4.61. The lowest BCUT2D eigenvalue weighted by Crippen LogP contribution is -2.20. The summed E-state index contributed by atoms with van der Waals surface area (Å²) in [5.74, 6) is 0.00744. The highest BCUT2D eigenvalue weighted by molar-refractivity contribution is 7.99. The first-order valence-electron chi connectivity index (χ1n) is 9.44. The first-order chi connectivity index (χ1) is 15.5. The predicted octanol–water partition coefficient (Wildman–Crippen LogP) is 3.61. The number of fused-ring (bicyclic) bond motifs is 1. The molecule has 4 aromatic rings. The summed E-state index contributed by atoms with van der Waals surface area (Å²) in [6.45, 7) is 0. The topological polar surface area (TPSA) is 117 Å². The molecule has 0 aliphatic heterocycles. The Morgan fingerprint density at radius 1 is 1.31 bits per heavy atom. The number of carbonyl (C=O) groups is 1. The van der Waals surface area contributed by atoms with Gasteiger partial charge in [-0.2, -0.15) is 5.10 Å². The van der Waals surface area contributed by atoms with Crippen molar-refractivity contribution in [2.24, 2.45) is 5.10 Å². The third-order valence-electron chi connectivity index (χ3n) is 4.45. The van der Waals surface area contributed by atoms with Crippen LogP contribution in [0.25, 0.3) is 21.3 Å². The number of carbonyl (C=O) groups excluding carboxylic acids is 1. The highest BCUT2D eigenvalue weighted by atomic mass is 32.2. The van der Waals surface area contributed by atoms with E-state index in [1.807, 2.05) is 35.7 Å². The molecule has 0 spiro atoms. The van der Waals surface area contributed by atoms with E-state index in [1.54, 1.807) is 12.1 Å². The quantitative estimate of drug-likeness (QED) is 0.166. The number of benzene rings is 2. The number of phenols is 1. The van der Waals surface area contributed by atoms with Gasteiger partial charge in [-0.25, -0.2) is 10.4 Å². The SMILES string of the molecule is COc1cc(/C=N/NC(=O)CSc2nc3scc(-c4ccccc4)c3c(=O)[nH]2)ccc1O. The minimum atomic E-state index is -0.351. The van der Waals surface area contributed by atoms with E-state index < -0.39 is 0 Å². The Hall–Kier alpha value is -3.63. The van der Waals surface area contributed by atoms with E-state index in [9.17, 15) is 14.7 Å². The average molecular weight is 467 g/mol. The number of H-pyrrole nitrogens is 1. The Balaban J connectivity index is 1.40. The number of aromatic nitrogens is 2. The molecule has 1 amide bonds. The van der Waals surface area contributed by atoms with E-state index in [1.165, 1.54) is 30.7 Å². The van der Waals surface area contributed by atoms with E-state index in [4.69, 9.17) is 4.74 Å². The molecule has 2 aromatic heterocycles. The van der Waals surface area contributed by atoms with Crippen molar-refractivity contribution in [1.29, 1.82) is 0 Å². The van der Waals surface area contributed by atoms with Gasteiger partial charge < -0.3 is 14.8 Å². The van der Waals surface area contributed by atoms with Crippen LogP contribution in [0.5, 0.6) is 11.5 Å². The number of hydrogen-bond acceptors (Lipinski definition) is 8. The molecule has 0 aliphatic rings. The van der Waals surface area contributed by atoms with Gasteiger partial charge in [-0.3, -0.25) is 9.59 Å². The molecule has 0 aliphatic carbocycles. The summed E-state index contributed by atoms with van der Waals surface area (Å²) in [5.41, 5.74) is 4.63. The predicted molar refractivity (Wildman–Crippen MR) is 127 cm³/mol. The lowest BCUT2D eigenvalue weighted by Gasteiger charge is -2.04. The number of thiophene rings is 1. The highest BCUT2D eigenvalue weighted by Crippen LogP contribution is 2.31. The molecule has 0 saturated heterocycles. The van der Waals surface area contributed by atoms with Crippen LogP contribution in [0, 0.1) is 0 Å². The fourth-order valence-electron chi connectivity index (χ4n) is 2.95. The number of hydrazone groups is 1. The van der Waals surface area contributed by atoms with Gasteiger partial charge in [0.15, 0.2) is 16.7 Å². The monoisotopic (exact) mass is 466 g/mol. The number of aromatic amines is 1. The molecule has 4 rings (SSSR count). The third kappa shape index (κ3) is 4.82. The first kappa shape index (κ1) is 21.6. The number of rotatable bonds is 7. The number of methoxy groups -OCH3 is 1. The zero-order chi connectivity index (χ0) is 22.5. The van der Waals surface area contributed by atoms with Crippen LogP contribution in [0.2, 0.25) is 0 Å². The van der Waals surface area contributed by atoms with Crippen LogP contribution in [0.3, 0.4) is 0 Å². The number of phenolic OH excluding ortho intramolecular Hbond substituents is 1. The lowest BCUT2D eigenvalue weighted by atomic mass is 10.1. The second-order valence-corrected chi connectivity index (χ2v) is 8.40. The minimum Gasteiger partial charge on any atom is -0.504 e. The molecule has 3 N–H and O–H groups in total. The van der Waals surface area contributed by atoms with Crippen LogP contribution in [0.15, 0.2) is 69.0 Å². The molecule has 162 valence electrons. The maximum absolute atomic E-state index is 12.7. The molecule has 2 heterocycles. The molecule has 2 aromatic carbocycles. The number of ether oxygens (including phenoxy) is 1. The average Bonchev–Trinajstić information content (AvgIpc) is 3.24. The zero-order valence-corrected chi connectivity index (χ0v) is 18.5. The molecular formula is C22H18N4O4S2. The third-order valence-corrected chi connectivity index (χ3v) is 6.20. The van der Waals surface area contributed by atoms with E-state index >= 15 is 0 Å². The van der Waals surface area contributed by atoms with E-state index in [0.29, 0.717) is 26.7 Å². The van der Waals surface area contributed by atoms with Crippen LogP contribution in [0.1, 0.15) is 5.56 Å². The summed E-state index contributed by atoms with van der Waals surface area (Å²) < 4.78 is 5.03. The largest absolute Gasteiger partial charge is 0.504 e. The Morgan fingerprint density at radius 3 is 2.91 bits per heavy atom. The van der Waals surface area contributed by atoms with E-state index in [-0.39, 0.29) is 23.0 Å². The van der Waals surface area contributed by atoms with Crippen molar-refractivity contribution in [3.05, 3.63) is 69.8 Å². The van der Waals surface area contributed by atoms with Gasteiger partial charge in [0, 0.05) is 10.9 Å². The van der Waals surface area contributed by atoms with Gasteiger partial charge in [0.25, 0.3) is 11.5 Å². The summed E-state index contributed by atoms with van der Waals surface area (Å²) in [7, 11) is 1.45. The molecule has 32 heavy (non-hydrogen) atoms. The molecule has 0 saturated carbocycles. The Labute approximate surface area is 191 Å². The molecular weight excluding hydrogens is 448 g/mol. The van der Waals surface area contributed by atoms with Crippen LogP contribution in [0.4, 0.5) is 0 Å². The molecule has 8 nitrogen and oxygen atoms in total. The van der Waals surface area contributed by atoms with Crippen molar-refractivity contribution in [3.8, 4) is 22.6 Å². The van der Waals surface area contributed by atoms with Gasteiger partial charge in [0.2, 0.25) is 0 Å². The number of thioether (sulfide) groups is 1. The van der Waals surface area contributed by atoms with Crippen LogP contribution in [-0.4, -0.2) is 40.1 Å². The van der Waals surface area contributed by atoms with Crippen molar-refractivity contribution in [2.45, 2.75) is 5.16 Å². The van der Waals surface area contributed by atoms with Crippen LogP contribution < -0.4 is 15.7 Å². The Morgan fingerprint density at radius 2 is 2.12 bits per heavy atom. The molecule has 0 atom stereocenters. The van der Waals surface area contributed by atoms with Crippen molar-refractivity contribution in [3.63, 3.8) is 0 Å².